The van der Waals surface area contributed by atoms with E-state index in [2.05, 4.69) is 0 Å². The average molecular weight is 275 g/mol. The molecule has 1 aromatic rings. The summed E-state index contributed by atoms with van der Waals surface area (Å²) in [7, 11) is 0. The summed E-state index contributed by atoms with van der Waals surface area (Å²) in [4.78, 5) is 11.0. The van der Waals surface area contributed by atoms with Crippen molar-refractivity contribution in [3.05, 3.63) is 40.4 Å². The van der Waals surface area contributed by atoms with Crippen LogP contribution in [0.1, 0.15) is 6.92 Å². The standard InChI is InChI=1S/C12H12Cl2O3/c1-2-3-12(15)17-7-6-16-11-5-4-9(13)8-10(11)14/h2-5,8H,6-7H2,1H3/b3-2-. The normalized spacial score (nSPS) is 10.5. The van der Waals surface area contributed by atoms with Crippen LogP contribution in [0.4, 0.5) is 0 Å². The van der Waals surface area contributed by atoms with Gasteiger partial charge in [0.25, 0.3) is 0 Å². The van der Waals surface area contributed by atoms with E-state index in [9.17, 15) is 4.79 Å². The van der Waals surface area contributed by atoms with Crippen molar-refractivity contribution in [2.75, 3.05) is 13.2 Å². The van der Waals surface area contributed by atoms with Crippen LogP contribution < -0.4 is 4.74 Å². The maximum Gasteiger partial charge on any atom is 0.330 e. The Morgan fingerprint density at radius 1 is 1.35 bits per heavy atom. The van der Waals surface area contributed by atoms with Crippen LogP contribution in [0.25, 0.3) is 0 Å². The SMILES string of the molecule is C/C=C\C(=O)OCCOc1ccc(Cl)cc1Cl. The Balaban J connectivity index is 2.34. The van der Waals surface area contributed by atoms with Crippen LogP contribution in [0, 0.1) is 0 Å². The number of ether oxygens (including phenoxy) is 2. The van der Waals surface area contributed by atoms with Crippen LogP contribution in [0.5, 0.6) is 5.75 Å². The van der Waals surface area contributed by atoms with Crippen molar-refractivity contribution in [3.8, 4) is 5.75 Å². The highest BCUT2D eigenvalue weighted by Gasteiger charge is 2.02. The van der Waals surface area contributed by atoms with Crippen molar-refractivity contribution in [3.63, 3.8) is 0 Å². The second-order valence-electron chi connectivity index (χ2n) is 3.09. The Morgan fingerprint density at radius 3 is 2.76 bits per heavy atom. The molecule has 0 bridgehead atoms. The molecule has 0 saturated heterocycles. The average Bonchev–Trinajstić information content (AvgIpc) is 2.27. The first-order valence-corrected chi connectivity index (χ1v) is 5.76. The molecule has 0 spiro atoms. The van der Waals surface area contributed by atoms with Crippen LogP contribution >= 0.6 is 23.2 Å². The molecule has 0 amide bonds. The zero-order valence-corrected chi connectivity index (χ0v) is 10.8. The Labute approximate surface area is 110 Å². The number of allylic oxidation sites excluding steroid dienone is 1. The molecule has 0 radical (unpaired) electrons. The predicted octanol–water partition coefficient (Wildman–Crippen LogP) is 3.49. The number of benzene rings is 1. The van der Waals surface area contributed by atoms with Gasteiger partial charge < -0.3 is 9.47 Å². The summed E-state index contributed by atoms with van der Waals surface area (Å²) >= 11 is 11.6. The summed E-state index contributed by atoms with van der Waals surface area (Å²) in [6, 6.07) is 4.93. The van der Waals surface area contributed by atoms with Gasteiger partial charge in [-0.2, -0.15) is 0 Å². The molecule has 0 fully saturated rings. The summed E-state index contributed by atoms with van der Waals surface area (Å²) in [5.41, 5.74) is 0. The molecule has 92 valence electrons. The fourth-order valence-electron chi connectivity index (χ4n) is 1.07. The van der Waals surface area contributed by atoms with Crippen molar-refractivity contribution >= 4 is 29.2 Å². The van der Waals surface area contributed by atoms with Gasteiger partial charge in [-0.05, 0) is 25.1 Å². The van der Waals surface area contributed by atoms with Crippen LogP contribution in [-0.2, 0) is 9.53 Å². The third-order valence-corrected chi connectivity index (χ3v) is 2.31. The van der Waals surface area contributed by atoms with Gasteiger partial charge in [0.1, 0.15) is 19.0 Å². The summed E-state index contributed by atoms with van der Waals surface area (Å²) in [5, 5.41) is 0.971. The first-order chi connectivity index (χ1) is 8.13. The lowest BCUT2D eigenvalue weighted by atomic mass is 10.3. The van der Waals surface area contributed by atoms with Crippen molar-refractivity contribution in [1.29, 1.82) is 0 Å². The van der Waals surface area contributed by atoms with Crippen LogP contribution in [0.3, 0.4) is 0 Å². The summed E-state index contributed by atoms with van der Waals surface area (Å²) in [5.74, 6) is 0.122. The zero-order chi connectivity index (χ0) is 12.7. The van der Waals surface area contributed by atoms with E-state index in [1.807, 2.05) is 0 Å². The zero-order valence-electron chi connectivity index (χ0n) is 9.28. The maximum atomic E-state index is 11.0. The number of rotatable bonds is 5. The molecular weight excluding hydrogens is 263 g/mol. The molecule has 0 aliphatic rings. The lowest BCUT2D eigenvalue weighted by molar-refractivity contribution is -0.138. The van der Waals surface area contributed by atoms with E-state index in [4.69, 9.17) is 32.7 Å². The number of hydrogen-bond acceptors (Lipinski definition) is 3. The van der Waals surface area contributed by atoms with E-state index in [0.717, 1.165) is 0 Å². The lowest BCUT2D eigenvalue weighted by Crippen LogP contribution is -2.10. The number of hydrogen-bond donors (Lipinski definition) is 0. The molecule has 0 aliphatic carbocycles. The molecule has 0 atom stereocenters. The molecule has 0 unspecified atom stereocenters. The number of carbonyl (C=O) groups is 1. The van der Waals surface area contributed by atoms with Crippen molar-refractivity contribution in [1.82, 2.24) is 0 Å². The first-order valence-electron chi connectivity index (χ1n) is 5.01. The van der Waals surface area contributed by atoms with Gasteiger partial charge in [-0.3, -0.25) is 0 Å². The third-order valence-electron chi connectivity index (χ3n) is 1.78. The van der Waals surface area contributed by atoms with Gasteiger partial charge in [0, 0.05) is 11.1 Å². The van der Waals surface area contributed by atoms with Crippen LogP contribution in [-0.4, -0.2) is 19.2 Å². The highest BCUT2D eigenvalue weighted by Crippen LogP contribution is 2.27. The monoisotopic (exact) mass is 274 g/mol. The van der Waals surface area contributed by atoms with Crippen LogP contribution in [0.15, 0.2) is 30.4 Å². The predicted molar refractivity (Wildman–Crippen MR) is 67.7 cm³/mol. The number of esters is 1. The van der Waals surface area contributed by atoms with E-state index in [-0.39, 0.29) is 13.2 Å². The van der Waals surface area contributed by atoms with Crippen molar-refractivity contribution in [2.24, 2.45) is 0 Å². The van der Waals surface area contributed by atoms with Crippen molar-refractivity contribution in [2.45, 2.75) is 6.92 Å². The molecule has 5 heteroatoms. The Morgan fingerprint density at radius 2 is 2.12 bits per heavy atom. The molecule has 17 heavy (non-hydrogen) atoms. The fraction of sp³-hybridized carbons (Fsp3) is 0.250. The largest absolute Gasteiger partial charge is 0.488 e. The quantitative estimate of drug-likeness (QED) is 0.468. The minimum absolute atomic E-state index is 0.169. The first kappa shape index (κ1) is 13.9. The second kappa shape index (κ2) is 7.20. The smallest absolute Gasteiger partial charge is 0.330 e. The fourth-order valence-corrected chi connectivity index (χ4v) is 1.53. The Kier molecular flexibility index (Phi) is 5.87. The van der Waals surface area contributed by atoms with E-state index in [1.54, 1.807) is 31.2 Å². The van der Waals surface area contributed by atoms with E-state index in [1.165, 1.54) is 6.08 Å². The Bertz CT molecular complexity index is 416. The lowest BCUT2D eigenvalue weighted by Gasteiger charge is -2.08. The van der Waals surface area contributed by atoms with Gasteiger partial charge >= 0.3 is 5.97 Å². The molecule has 0 aliphatic heterocycles. The summed E-state index contributed by atoms with van der Waals surface area (Å²) in [6.45, 7) is 2.15. The molecule has 1 rings (SSSR count). The van der Waals surface area contributed by atoms with E-state index < -0.39 is 5.97 Å². The van der Waals surface area contributed by atoms with Gasteiger partial charge in [-0.15, -0.1) is 0 Å². The van der Waals surface area contributed by atoms with Crippen molar-refractivity contribution < 1.29 is 14.3 Å². The molecule has 0 N–H and O–H groups in total. The van der Waals surface area contributed by atoms with E-state index in [0.29, 0.717) is 15.8 Å². The topological polar surface area (TPSA) is 35.5 Å². The molecule has 0 saturated carbocycles. The third kappa shape index (κ3) is 5.11. The minimum atomic E-state index is -0.390. The Hall–Kier alpha value is -1.19. The van der Waals surface area contributed by atoms with Gasteiger partial charge in [0.2, 0.25) is 0 Å². The van der Waals surface area contributed by atoms with Gasteiger partial charge in [0.05, 0.1) is 5.02 Å². The van der Waals surface area contributed by atoms with Crippen LogP contribution in [0.2, 0.25) is 10.0 Å². The van der Waals surface area contributed by atoms with Gasteiger partial charge in [-0.25, -0.2) is 4.79 Å². The molecular formula is C12H12Cl2O3. The maximum absolute atomic E-state index is 11.0. The van der Waals surface area contributed by atoms with Gasteiger partial charge in [0.15, 0.2) is 0 Å². The molecule has 0 heterocycles. The highest BCUT2D eigenvalue weighted by molar-refractivity contribution is 6.35. The minimum Gasteiger partial charge on any atom is -0.488 e. The summed E-state index contributed by atoms with van der Waals surface area (Å²) in [6.07, 6.45) is 2.95. The number of carbonyl (C=O) groups excluding carboxylic acids is 1. The summed E-state index contributed by atoms with van der Waals surface area (Å²) < 4.78 is 10.2. The van der Waals surface area contributed by atoms with Gasteiger partial charge in [-0.1, -0.05) is 29.3 Å². The molecule has 3 nitrogen and oxygen atoms in total. The number of halogens is 2. The second-order valence-corrected chi connectivity index (χ2v) is 3.93. The van der Waals surface area contributed by atoms with E-state index >= 15 is 0 Å². The molecule has 1 aromatic carbocycles. The highest BCUT2D eigenvalue weighted by atomic mass is 35.5. The molecule has 0 aromatic heterocycles.